The van der Waals surface area contributed by atoms with Crippen molar-refractivity contribution in [1.29, 1.82) is 0 Å². The lowest BCUT2D eigenvalue weighted by Gasteiger charge is -2.39. The van der Waals surface area contributed by atoms with Crippen LogP contribution >= 0.6 is 0 Å². The Morgan fingerprint density at radius 1 is 0.865 bits per heavy atom. The van der Waals surface area contributed by atoms with Crippen molar-refractivity contribution in [2.45, 2.75) is 43.9 Å². The van der Waals surface area contributed by atoms with Gasteiger partial charge < -0.3 is 9.84 Å². The minimum Gasteiger partial charge on any atom is -0.393 e. The molecular weight excluding hydrogens is 464 g/mol. The Bertz CT molecular complexity index is 1330. The standard InChI is InChI=1S/C31H32N2O4/c1-22-20-33(30(36)32-29(22)35)27-18-17-23(28(34)19-27)21-37-31(24-11-5-2-6-12-24,25-13-7-3-8-14-25)26-15-9-4-10-16-26/h2-16,20,23,27-28,34H,17-19,21H2,1H3,(H,32,35,36)/t23-,27-,28+/m1/s1. The minimum absolute atomic E-state index is 0.0914. The fourth-order valence-corrected chi connectivity index (χ4v) is 5.49. The van der Waals surface area contributed by atoms with Crippen molar-refractivity contribution in [3.8, 4) is 0 Å². The Labute approximate surface area is 216 Å². The molecule has 6 nitrogen and oxygen atoms in total. The van der Waals surface area contributed by atoms with E-state index in [4.69, 9.17) is 4.74 Å². The molecule has 0 aliphatic heterocycles. The number of nitrogens with one attached hydrogen (secondary N) is 1. The van der Waals surface area contributed by atoms with Crippen LogP contribution in [0.3, 0.4) is 0 Å². The highest BCUT2D eigenvalue weighted by atomic mass is 16.5. The maximum atomic E-state index is 12.4. The SMILES string of the molecule is Cc1cn([C@@H]2CC[C@H](COC(c3ccccc3)(c3ccccc3)c3ccccc3)[C@@H](O)C2)c(=O)[nH]c1=O. The first-order valence-corrected chi connectivity index (χ1v) is 12.8. The molecule has 0 unspecified atom stereocenters. The number of nitrogens with zero attached hydrogens (tertiary/aromatic N) is 1. The molecule has 3 aromatic carbocycles. The predicted molar refractivity (Wildman–Crippen MR) is 144 cm³/mol. The van der Waals surface area contributed by atoms with Crippen molar-refractivity contribution in [2.75, 3.05) is 6.61 Å². The summed E-state index contributed by atoms with van der Waals surface area (Å²) in [6, 6.07) is 30.4. The number of aliphatic hydroxyl groups excluding tert-OH is 1. The first-order chi connectivity index (χ1) is 18.0. The summed E-state index contributed by atoms with van der Waals surface area (Å²) in [5, 5.41) is 11.2. The molecule has 1 aliphatic carbocycles. The van der Waals surface area contributed by atoms with Crippen LogP contribution in [0.15, 0.2) is 107 Å². The topological polar surface area (TPSA) is 84.3 Å². The lowest BCUT2D eigenvalue weighted by molar-refractivity contribution is -0.0556. The Morgan fingerprint density at radius 2 is 1.38 bits per heavy atom. The van der Waals surface area contributed by atoms with Gasteiger partial charge in [-0.05, 0) is 42.9 Å². The van der Waals surface area contributed by atoms with Gasteiger partial charge in [0, 0.05) is 23.7 Å². The van der Waals surface area contributed by atoms with E-state index in [0.717, 1.165) is 16.7 Å². The monoisotopic (exact) mass is 496 g/mol. The van der Waals surface area contributed by atoms with Crippen molar-refractivity contribution >= 4 is 0 Å². The highest BCUT2D eigenvalue weighted by Gasteiger charge is 2.40. The summed E-state index contributed by atoms with van der Waals surface area (Å²) < 4.78 is 8.48. The number of H-pyrrole nitrogens is 1. The molecule has 1 saturated carbocycles. The maximum Gasteiger partial charge on any atom is 0.328 e. The average molecular weight is 497 g/mol. The van der Waals surface area contributed by atoms with Crippen LogP contribution in [0.4, 0.5) is 0 Å². The molecule has 1 fully saturated rings. The van der Waals surface area contributed by atoms with Crippen LogP contribution in [0.1, 0.15) is 47.6 Å². The van der Waals surface area contributed by atoms with Gasteiger partial charge in [-0.2, -0.15) is 0 Å². The molecule has 6 heteroatoms. The summed E-state index contributed by atoms with van der Waals surface area (Å²) in [6.07, 6.45) is 2.80. The first-order valence-electron chi connectivity index (χ1n) is 12.8. The van der Waals surface area contributed by atoms with E-state index in [2.05, 4.69) is 41.4 Å². The lowest BCUT2D eigenvalue weighted by atomic mass is 9.79. The predicted octanol–water partition coefficient (Wildman–Crippen LogP) is 4.56. The van der Waals surface area contributed by atoms with Gasteiger partial charge in [0.15, 0.2) is 0 Å². The number of hydrogen-bond acceptors (Lipinski definition) is 4. The third kappa shape index (κ3) is 4.95. The average Bonchev–Trinajstić information content (AvgIpc) is 2.93. The highest BCUT2D eigenvalue weighted by molar-refractivity contribution is 5.47. The Balaban J connectivity index is 1.44. The molecule has 0 spiro atoms. The summed E-state index contributed by atoms with van der Waals surface area (Å²) >= 11 is 0. The van der Waals surface area contributed by atoms with Crippen LogP contribution in [0.2, 0.25) is 0 Å². The number of aromatic amines is 1. The highest BCUT2D eigenvalue weighted by Crippen LogP contribution is 2.42. The molecule has 0 bridgehead atoms. The summed E-state index contributed by atoms with van der Waals surface area (Å²) in [6.45, 7) is 2.03. The summed E-state index contributed by atoms with van der Waals surface area (Å²) in [5.74, 6) is -0.0914. The molecule has 37 heavy (non-hydrogen) atoms. The van der Waals surface area contributed by atoms with Gasteiger partial charge in [-0.1, -0.05) is 91.0 Å². The second kappa shape index (κ2) is 10.7. The van der Waals surface area contributed by atoms with E-state index in [0.29, 0.717) is 31.4 Å². The van der Waals surface area contributed by atoms with Crippen molar-refractivity contribution in [2.24, 2.45) is 5.92 Å². The second-order valence-electron chi connectivity index (χ2n) is 9.86. The second-order valence-corrected chi connectivity index (χ2v) is 9.86. The number of rotatable bonds is 7. The quantitative estimate of drug-likeness (QED) is 0.368. The fraction of sp³-hybridized carbons (Fsp3) is 0.290. The molecule has 3 atom stereocenters. The normalized spacial score (nSPS) is 20.0. The Hall–Kier alpha value is -3.74. The third-order valence-electron chi connectivity index (χ3n) is 7.52. The smallest absolute Gasteiger partial charge is 0.328 e. The van der Waals surface area contributed by atoms with Gasteiger partial charge >= 0.3 is 5.69 Å². The first kappa shape index (κ1) is 24.9. The van der Waals surface area contributed by atoms with Gasteiger partial charge in [-0.15, -0.1) is 0 Å². The molecule has 1 aromatic heterocycles. The molecule has 190 valence electrons. The minimum atomic E-state index is -0.840. The van der Waals surface area contributed by atoms with E-state index in [-0.39, 0.29) is 17.5 Å². The van der Waals surface area contributed by atoms with E-state index in [1.807, 2.05) is 54.6 Å². The van der Waals surface area contributed by atoms with E-state index in [9.17, 15) is 14.7 Å². The molecule has 0 saturated heterocycles. The number of aliphatic hydroxyl groups is 1. The van der Waals surface area contributed by atoms with E-state index < -0.39 is 17.4 Å². The van der Waals surface area contributed by atoms with Crippen LogP contribution in [0, 0.1) is 12.8 Å². The molecule has 5 rings (SSSR count). The summed E-state index contributed by atoms with van der Waals surface area (Å²) in [7, 11) is 0. The van der Waals surface area contributed by atoms with Gasteiger partial charge in [-0.3, -0.25) is 14.3 Å². The number of aryl methyl sites for hydroxylation is 1. The Kier molecular flexibility index (Phi) is 7.22. The van der Waals surface area contributed by atoms with Gasteiger partial charge in [-0.25, -0.2) is 4.79 Å². The number of aromatic nitrogens is 2. The van der Waals surface area contributed by atoms with E-state index in [1.165, 1.54) is 0 Å². The van der Waals surface area contributed by atoms with Crippen LogP contribution in [-0.2, 0) is 10.3 Å². The van der Waals surface area contributed by atoms with Crippen LogP contribution in [-0.4, -0.2) is 27.4 Å². The zero-order valence-corrected chi connectivity index (χ0v) is 20.9. The van der Waals surface area contributed by atoms with Crippen molar-refractivity contribution < 1.29 is 9.84 Å². The molecular formula is C31H32N2O4. The van der Waals surface area contributed by atoms with Crippen molar-refractivity contribution in [1.82, 2.24) is 9.55 Å². The molecule has 1 aliphatic rings. The molecule has 0 amide bonds. The zero-order chi connectivity index (χ0) is 25.8. The van der Waals surface area contributed by atoms with Crippen LogP contribution < -0.4 is 11.2 Å². The van der Waals surface area contributed by atoms with E-state index >= 15 is 0 Å². The van der Waals surface area contributed by atoms with Gasteiger partial charge in [0.2, 0.25) is 0 Å². The number of ether oxygens (including phenoxy) is 1. The lowest BCUT2D eigenvalue weighted by Crippen LogP contribution is -2.41. The summed E-state index contributed by atoms with van der Waals surface area (Å²) in [4.78, 5) is 26.6. The van der Waals surface area contributed by atoms with Crippen molar-refractivity contribution in [3.63, 3.8) is 0 Å². The largest absolute Gasteiger partial charge is 0.393 e. The van der Waals surface area contributed by atoms with Crippen molar-refractivity contribution in [3.05, 3.63) is 140 Å². The van der Waals surface area contributed by atoms with Gasteiger partial charge in [0.25, 0.3) is 5.56 Å². The van der Waals surface area contributed by atoms with Crippen LogP contribution in [0.5, 0.6) is 0 Å². The number of benzene rings is 3. The van der Waals surface area contributed by atoms with E-state index in [1.54, 1.807) is 17.7 Å². The van der Waals surface area contributed by atoms with Gasteiger partial charge in [0.05, 0.1) is 12.7 Å². The molecule has 1 heterocycles. The fourth-order valence-electron chi connectivity index (χ4n) is 5.49. The number of hydrogen-bond donors (Lipinski definition) is 2. The maximum absolute atomic E-state index is 12.4. The Morgan fingerprint density at radius 3 is 1.86 bits per heavy atom. The third-order valence-corrected chi connectivity index (χ3v) is 7.52. The van der Waals surface area contributed by atoms with Gasteiger partial charge in [0.1, 0.15) is 5.60 Å². The van der Waals surface area contributed by atoms with Crippen LogP contribution in [0.25, 0.3) is 0 Å². The molecule has 0 radical (unpaired) electrons. The molecule has 4 aromatic rings. The molecule has 2 N–H and O–H groups in total. The zero-order valence-electron chi connectivity index (χ0n) is 20.9. The summed E-state index contributed by atoms with van der Waals surface area (Å²) in [5.41, 5.74) is 1.90.